The summed E-state index contributed by atoms with van der Waals surface area (Å²) in [7, 11) is 0. The van der Waals surface area contributed by atoms with E-state index in [1.807, 2.05) is 19.1 Å². The Bertz CT molecular complexity index is 915. The normalized spacial score (nSPS) is 14.3. The second-order valence-electron chi connectivity index (χ2n) is 8.10. The van der Waals surface area contributed by atoms with Gasteiger partial charge in [0.05, 0.1) is 6.42 Å². The van der Waals surface area contributed by atoms with Crippen molar-refractivity contribution >= 4 is 17.7 Å². The van der Waals surface area contributed by atoms with Gasteiger partial charge in [-0.3, -0.25) is 19.3 Å². The molecule has 1 fully saturated rings. The fourth-order valence-corrected chi connectivity index (χ4v) is 3.63. The molecule has 1 heterocycles. The lowest BCUT2D eigenvalue weighted by Crippen LogP contribution is -2.49. The molecule has 0 aromatic heterocycles. The summed E-state index contributed by atoms with van der Waals surface area (Å²) in [6.07, 6.45) is 0.0536. The molecule has 1 saturated heterocycles. The van der Waals surface area contributed by atoms with Crippen LogP contribution in [0.4, 0.5) is 0 Å². The van der Waals surface area contributed by atoms with Crippen molar-refractivity contribution in [1.29, 1.82) is 0 Å². The number of Topliss-reactive ketones (excluding diaryl/α,β-unsaturated/α-hetero) is 1. The second-order valence-corrected chi connectivity index (χ2v) is 8.10. The number of ether oxygens (including phenoxy) is 1. The summed E-state index contributed by atoms with van der Waals surface area (Å²) in [6.45, 7) is 7.45. The molecule has 0 atom stereocenters. The summed E-state index contributed by atoms with van der Waals surface area (Å²) in [5.74, 6) is -0.812. The number of esters is 1. The molecule has 6 nitrogen and oxygen atoms in total. The van der Waals surface area contributed by atoms with E-state index < -0.39 is 5.97 Å². The second kappa shape index (κ2) is 10.9. The summed E-state index contributed by atoms with van der Waals surface area (Å²) < 4.78 is 5.10. The summed E-state index contributed by atoms with van der Waals surface area (Å²) in [6, 6.07) is 15.7. The third kappa shape index (κ3) is 7.03. The maximum Gasteiger partial charge on any atom is 0.306 e. The van der Waals surface area contributed by atoms with Gasteiger partial charge in [-0.15, -0.1) is 0 Å². The minimum absolute atomic E-state index is 0.0236. The minimum Gasteiger partial charge on any atom is -0.456 e. The molecule has 6 heteroatoms. The van der Waals surface area contributed by atoms with Gasteiger partial charge in [-0.2, -0.15) is 0 Å². The van der Waals surface area contributed by atoms with Crippen LogP contribution in [0.15, 0.2) is 48.5 Å². The van der Waals surface area contributed by atoms with E-state index in [9.17, 15) is 14.4 Å². The highest BCUT2D eigenvalue weighted by molar-refractivity contribution is 5.97. The fourth-order valence-electron chi connectivity index (χ4n) is 3.63. The fraction of sp³-hybridized carbons (Fsp3) is 0.400. The van der Waals surface area contributed by atoms with Crippen molar-refractivity contribution in [3.05, 3.63) is 70.8 Å². The number of rotatable bonds is 8. The molecule has 0 unspecified atom stereocenters. The summed E-state index contributed by atoms with van der Waals surface area (Å²) in [5, 5.41) is 0. The van der Waals surface area contributed by atoms with E-state index in [1.165, 1.54) is 11.1 Å². The van der Waals surface area contributed by atoms with E-state index in [4.69, 9.17) is 4.74 Å². The molecule has 3 rings (SSSR count). The maximum absolute atomic E-state index is 12.4. The zero-order valence-electron chi connectivity index (χ0n) is 18.3. The molecule has 1 aliphatic heterocycles. The van der Waals surface area contributed by atoms with Gasteiger partial charge in [0.15, 0.2) is 12.4 Å². The third-order valence-electron chi connectivity index (χ3n) is 5.50. The van der Waals surface area contributed by atoms with Gasteiger partial charge >= 0.3 is 5.97 Å². The minimum atomic E-state index is -0.521. The lowest BCUT2D eigenvalue weighted by atomic mass is 10.1. The highest BCUT2D eigenvalue weighted by atomic mass is 16.5. The Hall–Kier alpha value is -2.99. The van der Waals surface area contributed by atoms with E-state index in [0.29, 0.717) is 18.7 Å². The lowest BCUT2D eigenvalue weighted by molar-refractivity contribution is -0.152. The van der Waals surface area contributed by atoms with E-state index in [0.717, 1.165) is 25.2 Å². The number of piperazine rings is 1. The topological polar surface area (TPSA) is 66.9 Å². The molecule has 31 heavy (non-hydrogen) atoms. The number of nitrogens with zero attached hydrogens (tertiary/aromatic N) is 2. The first-order chi connectivity index (χ1) is 14.9. The van der Waals surface area contributed by atoms with E-state index in [2.05, 4.69) is 36.1 Å². The summed E-state index contributed by atoms with van der Waals surface area (Å²) in [4.78, 5) is 40.5. The molecule has 2 aromatic carbocycles. The van der Waals surface area contributed by atoms with Gasteiger partial charge in [0, 0.05) is 44.7 Å². The van der Waals surface area contributed by atoms with E-state index in [-0.39, 0.29) is 31.1 Å². The number of carbonyl (C=O) groups excluding carboxylic acids is 3. The number of benzene rings is 2. The number of ketones is 1. The molecule has 0 aliphatic carbocycles. The Balaban J connectivity index is 1.34. The maximum atomic E-state index is 12.4. The number of hydrogen-bond donors (Lipinski definition) is 0. The van der Waals surface area contributed by atoms with Crippen molar-refractivity contribution < 1.29 is 19.1 Å². The average molecular weight is 423 g/mol. The van der Waals surface area contributed by atoms with E-state index in [1.54, 1.807) is 17.0 Å². The molecule has 0 N–H and O–H groups in total. The SMILES string of the molecule is Cc1ccc(C(=O)CCC(=O)OCC(=O)N2CCN(Cc3cccc(C)c3)CC2)cc1. The van der Waals surface area contributed by atoms with Crippen LogP contribution in [0.1, 0.15) is 39.9 Å². The van der Waals surface area contributed by atoms with Crippen LogP contribution in [-0.2, 0) is 20.9 Å². The van der Waals surface area contributed by atoms with Crippen LogP contribution in [-0.4, -0.2) is 60.2 Å². The quantitative estimate of drug-likeness (QED) is 0.483. The first-order valence-corrected chi connectivity index (χ1v) is 10.7. The van der Waals surface area contributed by atoms with Gasteiger partial charge in [-0.25, -0.2) is 0 Å². The van der Waals surface area contributed by atoms with Crippen LogP contribution in [0.3, 0.4) is 0 Å². The molecule has 1 aliphatic rings. The van der Waals surface area contributed by atoms with Gasteiger partial charge in [0.1, 0.15) is 0 Å². The van der Waals surface area contributed by atoms with Crippen LogP contribution >= 0.6 is 0 Å². The average Bonchev–Trinajstić information content (AvgIpc) is 2.77. The molecule has 0 bridgehead atoms. The Morgan fingerprint density at radius 2 is 1.58 bits per heavy atom. The van der Waals surface area contributed by atoms with Crippen molar-refractivity contribution in [3.8, 4) is 0 Å². The van der Waals surface area contributed by atoms with Gasteiger partial charge in [-0.1, -0.05) is 59.7 Å². The van der Waals surface area contributed by atoms with E-state index >= 15 is 0 Å². The predicted octanol–water partition coefficient (Wildman–Crippen LogP) is 3.15. The number of carbonyl (C=O) groups is 3. The standard InChI is InChI=1S/C25H30N2O4/c1-19-6-8-22(9-7-19)23(28)10-11-25(30)31-18-24(29)27-14-12-26(13-15-27)17-21-5-3-4-20(2)16-21/h3-9,16H,10-15,17-18H2,1-2H3. The Kier molecular flexibility index (Phi) is 7.95. The van der Waals surface area contributed by atoms with Crippen LogP contribution < -0.4 is 0 Å². The molecular formula is C25H30N2O4. The van der Waals surface area contributed by atoms with Crippen molar-refractivity contribution in [2.24, 2.45) is 0 Å². The number of amides is 1. The highest BCUT2D eigenvalue weighted by Crippen LogP contribution is 2.11. The van der Waals surface area contributed by atoms with Gasteiger partial charge in [0.25, 0.3) is 5.91 Å². The first kappa shape index (κ1) is 22.7. The largest absolute Gasteiger partial charge is 0.456 e. The lowest BCUT2D eigenvalue weighted by Gasteiger charge is -2.34. The van der Waals surface area contributed by atoms with Crippen molar-refractivity contribution in [3.63, 3.8) is 0 Å². The summed E-state index contributed by atoms with van der Waals surface area (Å²) >= 11 is 0. The molecule has 164 valence electrons. The Morgan fingerprint density at radius 3 is 2.26 bits per heavy atom. The van der Waals surface area contributed by atoms with Crippen LogP contribution in [0.25, 0.3) is 0 Å². The Labute approximate surface area is 183 Å². The van der Waals surface area contributed by atoms with Crippen LogP contribution in [0.5, 0.6) is 0 Å². The molecule has 2 aromatic rings. The van der Waals surface area contributed by atoms with Crippen molar-refractivity contribution in [2.45, 2.75) is 33.2 Å². The van der Waals surface area contributed by atoms with Crippen molar-refractivity contribution in [1.82, 2.24) is 9.80 Å². The zero-order valence-corrected chi connectivity index (χ0v) is 18.3. The van der Waals surface area contributed by atoms with Crippen molar-refractivity contribution in [2.75, 3.05) is 32.8 Å². The molecule has 0 radical (unpaired) electrons. The summed E-state index contributed by atoms with van der Waals surface area (Å²) in [5.41, 5.74) is 4.17. The monoisotopic (exact) mass is 422 g/mol. The molecular weight excluding hydrogens is 392 g/mol. The third-order valence-corrected chi connectivity index (χ3v) is 5.50. The Morgan fingerprint density at radius 1 is 0.871 bits per heavy atom. The first-order valence-electron chi connectivity index (χ1n) is 10.7. The molecule has 0 saturated carbocycles. The smallest absolute Gasteiger partial charge is 0.306 e. The van der Waals surface area contributed by atoms with Gasteiger partial charge < -0.3 is 9.64 Å². The van der Waals surface area contributed by atoms with Crippen LogP contribution in [0, 0.1) is 13.8 Å². The molecule has 1 amide bonds. The van der Waals surface area contributed by atoms with Crippen LogP contribution in [0.2, 0.25) is 0 Å². The highest BCUT2D eigenvalue weighted by Gasteiger charge is 2.22. The molecule has 0 spiro atoms. The number of aryl methyl sites for hydroxylation is 2. The van der Waals surface area contributed by atoms with Gasteiger partial charge in [-0.05, 0) is 19.4 Å². The predicted molar refractivity (Wildman–Crippen MR) is 119 cm³/mol. The van der Waals surface area contributed by atoms with Gasteiger partial charge in [0.2, 0.25) is 0 Å². The number of hydrogen-bond acceptors (Lipinski definition) is 5. The zero-order chi connectivity index (χ0) is 22.2.